The summed E-state index contributed by atoms with van der Waals surface area (Å²) >= 11 is 0. The van der Waals surface area contributed by atoms with Gasteiger partial charge < -0.3 is 15.5 Å². The van der Waals surface area contributed by atoms with E-state index in [1.165, 1.54) is 6.42 Å². The monoisotopic (exact) mass is 432 g/mol. The SMILES string of the molecule is Cc1cc(C(=O)N2CC[C@H](c3[nH]ncc3-c3ccnc(N)c3)C2)nc(N2CCCCC2)n1. The lowest BCUT2D eigenvalue weighted by Crippen LogP contribution is -2.33. The minimum atomic E-state index is -0.0366. The summed E-state index contributed by atoms with van der Waals surface area (Å²) in [7, 11) is 0. The van der Waals surface area contributed by atoms with E-state index in [0.717, 1.165) is 54.9 Å². The second kappa shape index (κ2) is 8.57. The molecule has 2 aliphatic rings. The van der Waals surface area contributed by atoms with Crippen LogP contribution in [0.2, 0.25) is 0 Å². The molecule has 32 heavy (non-hydrogen) atoms. The van der Waals surface area contributed by atoms with Crippen molar-refractivity contribution in [2.45, 2.75) is 38.5 Å². The molecule has 2 saturated heterocycles. The topological polar surface area (TPSA) is 117 Å². The average Bonchev–Trinajstić information content (AvgIpc) is 3.48. The largest absolute Gasteiger partial charge is 0.384 e. The summed E-state index contributed by atoms with van der Waals surface area (Å²) in [5.41, 5.74) is 10.2. The van der Waals surface area contributed by atoms with E-state index in [4.69, 9.17) is 5.73 Å². The number of amides is 1. The number of anilines is 2. The van der Waals surface area contributed by atoms with Gasteiger partial charge in [0, 0.05) is 55.2 Å². The zero-order chi connectivity index (χ0) is 22.1. The van der Waals surface area contributed by atoms with Crippen LogP contribution < -0.4 is 10.6 Å². The van der Waals surface area contributed by atoms with Gasteiger partial charge in [0.1, 0.15) is 11.5 Å². The Kier molecular flexibility index (Phi) is 5.46. The Morgan fingerprint density at radius 3 is 2.81 bits per heavy atom. The number of pyridine rings is 1. The normalized spacial score (nSPS) is 18.8. The molecule has 0 aliphatic carbocycles. The first-order valence-corrected chi connectivity index (χ1v) is 11.2. The van der Waals surface area contributed by atoms with Gasteiger partial charge in [-0.2, -0.15) is 5.10 Å². The van der Waals surface area contributed by atoms with Gasteiger partial charge in [-0.05, 0) is 56.4 Å². The van der Waals surface area contributed by atoms with Crippen molar-refractivity contribution in [2.24, 2.45) is 0 Å². The zero-order valence-corrected chi connectivity index (χ0v) is 18.3. The second-order valence-electron chi connectivity index (χ2n) is 8.65. The number of carbonyl (C=O) groups excluding carboxylic acids is 1. The maximum atomic E-state index is 13.3. The number of piperidine rings is 1. The van der Waals surface area contributed by atoms with Gasteiger partial charge in [0.2, 0.25) is 5.95 Å². The third-order valence-electron chi connectivity index (χ3n) is 6.35. The molecule has 2 aliphatic heterocycles. The Hall–Kier alpha value is -3.49. The van der Waals surface area contributed by atoms with Crippen molar-refractivity contribution < 1.29 is 4.79 Å². The van der Waals surface area contributed by atoms with Crippen LogP contribution in [-0.2, 0) is 0 Å². The van der Waals surface area contributed by atoms with E-state index in [-0.39, 0.29) is 11.8 Å². The predicted molar refractivity (Wildman–Crippen MR) is 122 cm³/mol. The number of hydrogen-bond donors (Lipinski definition) is 2. The number of rotatable bonds is 4. The quantitative estimate of drug-likeness (QED) is 0.651. The van der Waals surface area contributed by atoms with Gasteiger partial charge in [-0.25, -0.2) is 15.0 Å². The van der Waals surface area contributed by atoms with Crippen LogP contribution >= 0.6 is 0 Å². The summed E-state index contributed by atoms with van der Waals surface area (Å²) in [6.45, 7) is 5.13. The summed E-state index contributed by atoms with van der Waals surface area (Å²) in [4.78, 5) is 30.7. The molecule has 0 spiro atoms. The first-order valence-electron chi connectivity index (χ1n) is 11.2. The van der Waals surface area contributed by atoms with Crippen molar-refractivity contribution in [3.05, 3.63) is 47.7 Å². The number of aromatic amines is 1. The molecule has 9 nitrogen and oxygen atoms in total. The van der Waals surface area contributed by atoms with Gasteiger partial charge in [-0.3, -0.25) is 9.89 Å². The summed E-state index contributed by atoms with van der Waals surface area (Å²) in [5.74, 6) is 1.29. The number of nitrogens with one attached hydrogen (secondary N) is 1. The van der Waals surface area contributed by atoms with Crippen LogP contribution in [-0.4, -0.2) is 62.1 Å². The molecular formula is C23H28N8O. The number of nitrogens with zero attached hydrogens (tertiary/aromatic N) is 6. The van der Waals surface area contributed by atoms with E-state index in [9.17, 15) is 4.79 Å². The molecule has 2 fully saturated rings. The highest BCUT2D eigenvalue weighted by Crippen LogP contribution is 2.34. The Morgan fingerprint density at radius 2 is 2.00 bits per heavy atom. The number of aromatic nitrogens is 5. The Balaban J connectivity index is 1.34. The fourth-order valence-electron chi connectivity index (χ4n) is 4.69. The number of nitrogens with two attached hydrogens (primary N) is 1. The molecular weight excluding hydrogens is 404 g/mol. The summed E-state index contributed by atoms with van der Waals surface area (Å²) < 4.78 is 0. The van der Waals surface area contributed by atoms with Crippen molar-refractivity contribution in [3.63, 3.8) is 0 Å². The standard InChI is InChI=1S/C23H28N8O/c1-15-11-19(28-23(27-15)30-8-3-2-4-9-30)22(32)31-10-6-17(14-31)21-18(13-26-29-21)16-5-7-25-20(24)12-16/h5,7,11-13,17H,2-4,6,8-10,14H2,1H3,(H2,24,25)(H,26,29)/t17-/m0/s1. The van der Waals surface area contributed by atoms with Crippen molar-refractivity contribution in [1.29, 1.82) is 0 Å². The van der Waals surface area contributed by atoms with Gasteiger partial charge in [0.05, 0.1) is 6.20 Å². The van der Waals surface area contributed by atoms with Gasteiger partial charge in [-0.1, -0.05) is 0 Å². The first kappa shape index (κ1) is 20.4. The molecule has 3 aromatic heterocycles. The average molecular weight is 433 g/mol. The molecule has 1 amide bonds. The van der Waals surface area contributed by atoms with E-state index >= 15 is 0 Å². The highest BCUT2D eigenvalue weighted by atomic mass is 16.2. The van der Waals surface area contributed by atoms with E-state index in [1.807, 2.05) is 30.2 Å². The molecule has 0 bridgehead atoms. The van der Waals surface area contributed by atoms with Crippen molar-refractivity contribution in [3.8, 4) is 11.1 Å². The fourth-order valence-corrected chi connectivity index (χ4v) is 4.69. The number of aryl methyl sites for hydroxylation is 1. The van der Waals surface area contributed by atoms with Crippen LogP contribution in [0.15, 0.2) is 30.6 Å². The van der Waals surface area contributed by atoms with Crippen LogP contribution in [0.3, 0.4) is 0 Å². The van der Waals surface area contributed by atoms with Crippen molar-refractivity contribution >= 4 is 17.7 Å². The lowest BCUT2D eigenvalue weighted by atomic mass is 9.97. The van der Waals surface area contributed by atoms with Crippen LogP contribution in [0, 0.1) is 6.92 Å². The van der Waals surface area contributed by atoms with E-state index in [0.29, 0.717) is 30.5 Å². The van der Waals surface area contributed by atoms with Gasteiger partial charge in [-0.15, -0.1) is 0 Å². The van der Waals surface area contributed by atoms with Gasteiger partial charge in [0.25, 0.3) is 5.91 Å². The lowest BCUT2D eigenvalue weighted by molar-refractivity contribution is 0.0784. The van der Waals surface area contributed by atoms with Gasteiger partial charge >= 0.3 is 0 Å². The maximum absolute atomic E-state index is 13.3. The zero-order valence-electron chi connectivity index (χ0n) is 18.3. The number of carbonyl (C=O) groups is 1. The smallest absolute Gasteiger partial charge is 0.272 e. The molecule has 3 aromatic rings. The number of hydrogen-bond acceptors (Lipinski definition) is 7. The number of nitrogen functional groups attached to an aromatic ring is 1. The van der Waals surface area contributed by atoms with Crippen LogP contribution in [0.5, 0.6) is 0 Å². The molecule has 0 aromatic carbocycles. The number of likely N-dealkylation sites (tertiary alicyclic amines) is 1. The predicted octanol–water partition coefficient (Wildman–Crippen LogP) is 2.77. The highest BCUT2D eigenvalue weighted by Gasteiger charge is 2.31. The third kappa shape index (κ3) is 4.02. The van der Waals surface area contributed by atoms with Crippen molar-refractivity contribution in [1.82, 2.24) is 30.0 Å². The van der Waals surface area contributed by atoms with E-state index in [1.54, 1.807) is 12.3 Å². The molecule has 9 heteroatoms. The molecule has 5 rings (SSSR count). The minimum Gasteiger partial charge on any atom is -0.384 e. The molecule has 166 valence electrons. The Morgan fingerprint density at radius 1 is 1.16 bits per heavy atom. The molecule has 0 saturated carbocycles. The third-order valence-corrected chi connectivity index (χ3v) is 6.35. The number of H-pyrrole nitrogens is 1. The summed E-state index contributed by atoms with van der Waals surface area (Å²) in [6.07, 6.45) is 7.90. The van der Waals surface area contributed by atoms with Gasteiger partial charge in [0.15, 0.2) is 0 Å². The van der Waals surface area contributed by atoms with Crippen molar-refractivity contribution in [2.75, 3.05) is 36.8 Å². The van der Waals surface area contributed by atoms with E-state index < -0.39 is 0 Å². The Bertz CT molecular complexity index is 1120. The van der Waals surface area contributed by atoms with Crippen LogP contribution in [0.1, 0.15) is 53.5 Å². The summed E-state index contributed by atoms with van der Waals surface area (Å²) in [6, 6.07) is 5.57. The minimum absolute atomic E-state index is 0.0366. The van der Waals surface area contributed by atoms with E-state index in [2.05, 4.69) is 30.0 Å². The summed E-state index contributed by atoms with van der Waals surface area (Å²) in [5, 5.41) is 7.40. The second-order valence-corrected chi connectivity index (χ2v) is 8.65. The first-order chi connectivity index (χ1) is 15.6. The molecule has 5 heterocycles. The molecule has 0 unspecified atom stereocenters. The maximum Gasteiger partial charge on any atom is 0.272 e. The highest BCUT2D eigenvalue weighted by molar-refractivity contribution is 5.93. The molecule has 0 radical (unpaired) electrons. The fraction of sp³-hybridized carbons (Fsp3) is 0.435. The Labute approximate surface area is 187 Å². The van der Waals surface area contributed by atoms with Crippen LogP contribution in [0.25, 0.3) is 11.1 Å². The molecule has 3 N–H and O–H groups in total. The molecule has 1 atom stereocenters. The van der Waals surface area contributed by atoms with Crippen LogP contribution in [0.4, 0.5) is 11.8 Å². The lowest BCUT2D eigenvalue weighted by Gasteiger charge is -2.27.